The predicted octanol–water partition coefficient (Wildman–Crippen LogP) is 1.30. The molecule has 9 heteroatoms. The molecule has 0 saturated carbocycles. The van der Waals surface area contributed by atoms with Gasteiger partial charge in [-0.3, -0.25) is 10.1 Å². The van der Waals surface area contributed by atoms with Gasteiger partial charge in [-0.05, 0) is 31.7 Å². The number of aryl methyl sites for hydroxylation is 1. The molecular formula is C14H20N4O4S. The molecule has 0 radical (unpaired) electrons. The Morgan fingerprint density at radius 3 is 2.61 bits per heavy atom. The summed E-state index contributed by atoms with van der Waals surface area (Å²) in [5.74, 6) is 0.634. The van der Waals surface area contributed by atoms with Crippen LogP contribution in [0, 0.1) is 17.0 Å². The Bertz CT molecular complexity index is 715. The Morgan fingerprint density at radius 2 is 2.00 bits per heavy atom. The third kappa shape index (κ3) is 3.02. The van der Waals surface area contributed by atoms with Gasteiger partial charge in [-0.2, -0.15) is 0 Å². The molecule has 1 aromatic rings. The summed E-state index contributed by atoms with van der Waals surface area (Å²) >= 11 is 0. The quantitative estimate of drug-likeness (QED) is 0.605. The Balaban J connectivity index is 1.76. The van der Waals surface area contributed by atoms with Crippen molar-refractivity contribution in [1.29, 1.82) is 0 Å². The van der Waals surface area contributed by atoms with E-state index in [-0.39, 0.29) is 5.69 Å². The van der Waals surface area contributed by atoms with E-state index < -0.39 is 20.2 Å². The molecule has 3 rings (SSSR count). The van der Waals surface area contributed by atoms with Crippen LogP contribution in [0.25, 0.3) is 0 Å². The number of hydrogen-bond donors (Lipinski definition) is 0. The molecule has 1 atom stereocenters. The second-order valence-corrected chi connectivity index (χ2v) is 8.31. The maximum Gasteiger partial charge on any atom is 0.287 e. The predicted molar refractivity (Wildman–Crippen MR) is 86.0 cm³/mol. The number of pyridine rings is 1. The number of nitro groups is 1. The van der Waals surface area contributed by atoms with Gasteiger partial charge in [-0.1, -0.05) is 0 Å². The Hall–Kier alpha value is -1.74. The molecule has 0 N–H and O–H groups in total. The summed E-state index contributed by atoms with van der Waals surface area (Å²) in [5.41, 5.74) is 0.644. The van der Waals surface area contributed by atoms with E-state index in [0.29, 0.717) is 44.0 Å². The minimum absolute atomic E-state index is 0.0494. The molecule has 2 saturated heterocycles. The van der Waals surface area contributed by atoms with E-state index in [1.807, 2.05) is 4.90 Å². The summed E-state index contributed by atoms with van der Waals surface area (Å²) in [6.45, 7) is 3.99. The van der Waals surface area contributed by atoms with Crippen LogP contribution in [-0.2, 0) is 10.0 Å². The van der Waals surface area contributed by atoms with Gasteiger partial charge in [-0.25, -0.2) is 17.7 Å². The van der Waals surface area contributed by atoms with Crippen LogP contribution in [0.5, 0.6) is 0 Å². The molecule has 0 amide bonds. The third-order valence-corrected chi connectivity index (χ3v) is 6.85. The lowest BCUT2D eigenvalue weighted by Crippen LogP contribution is -2.38. The molecule has 3 heterocycles. The molecule has 2 aliphatic rings. The van der Waals surface area contributed by atoms with E-state index in [2.05, 4.69) is 4.98 Å². The Labute approximate surface area is 135 Å². The van der Waals surface area contributed by atoms with E-state index in [0.717, 1.165) is 12.8 Å². The van der Waals surface area contributed by atoms with Gasteiger partial charge in [-0.15, -0.1) is 0 Å². The van der Waals surface area contributed by atoms with Crippen LogP contribution in [0.2, 0.25) is 0 Å². The van der Waals surface area contributed by atoms with Gasteiger partial charge in [0.05, 0.1) is 10.2 Å². The van der Waals surface area contributed by atoms with E-state index in [1.165, 1.54) is 12.3 Å². The Morgan fingerprint density at radius 1 is 1.30 bits per heavy atom. The highest BCUT2D eigenvalue weighted by Crippen LogP contribution is 2.29. The zero-order chi connectivity index (χ0) is 16.6. The fourth-order valence-corrected chi connectivity index (χ4v) is 5.26. The average molecular weight is 340 g/mol. The van der Waals surface area contributed by atoms with E-state index in [4.69, 9.17) is 0 Å². The first kappa shape index (κ1) is 16.1. The van der Waals surface area contributed by atoms with Crippen molar-refractivity contribution in [3.05, 3.63) is 27.9 Å². The van der Waals surface area contributed by atoms with Crippen molar-refractivity contribution < 1.29 is 13.3 Å². The minimum atomic E-state index is -3.26. The molecule has 2 fully saturated rings. The first-order valence-electron chi connectivity index (χ1n) is 7.74. The summed E-state index contributed by atoms with van der Waals surface area (Å²) in [5, 5.41) is 10.4. The number of nitrogens with zero attached hydrogens (tertiary/aromatic N) is 4. The maximum atomic E-state index is 12.6. The van der Waals surface area contributed by atoms with Crippen LogP contribution in [0.1, 0.15) is 24.8 Å². The van der Waals surface area contributed by atoms with E-state index in [1.54, 1.807) is 11.2 Å². The second-order valence-electron chi connectivity index (χ2n) is 6.10. The molecule has 0 aromatic carbocycles. The Kier molecular flexibility index (Phi) is 4.24. The minimum Gasteiger partial charge on any atom is -0.355 e. The molecule has 0 unspecified atom stereocenters. The molecule has 0 bridgehead atoms. The first-order chi connectivity index (χ1) is 10.9. The van der Waals surface area contributed by atoms with Crippen molar-refractivity contribution in [3.63, 3.8) is 0 Å². The molecule has 0 spiro atoms. The maximum absolute atomic E-state index is 12.6. The number of aromatic nitrogens is 1. The highest BCUT2D eigenvalue weighted by atomic mass is 32.2. The molecule has 0 aliphatic carbocycles. The van der Waals surface area contributed by atoms with Crippen LogP contribution in [0.15, 0.2) is 12.3 Å². The molecule has 1 aromatic heterocycles. The summed E-state index contributed by atoms with van der Waals surface area (Å²) in [4.78, 5) is 16.4. The van der Waals surface area contributed by atoms with Gasteiger partial charge in [0.1, 0.15) is 12.0 Å². The van der Waals surface area contributed by atoms with Gasteiger partial charge in [0, 0.05) is 32.2 Å². The summed E-state index contributed by atoms with van der Waals surface area (Å²) in [6.07, 6.45) is 3.65. The average Bonchev–Trinajstić information content (AvgIpc) is 3.19. The number of sulfonamides is 1. The van der Waals surface area contributed by atoms with Crippen LogP contribution >= 0.6 is 0 Å². The van der Waals surface area contributed by atoms with Gasteiger partial charge in [0.25, 0.3) is 5.69 Å². The van der Waals surface area contributed by atoms with Crippen molar-refractivity contribution in [2.75, 3.05) is 31.1 Å². The van der Waals surface area contributed by atoms with E-state index >= 15 is 0 Å². The molecular weight excluding hydrogens is 320 g/mol. The molecule has 8 nitrogen and oxygen atoms in total. The molecule has 126 valence electrons. The highest BCUT2D eigenvalue weighted by molar-refractivity contribution is 7.89. The van der Waals surface area contributed by atoms with Crippen LogP contribution in [-0.4, -0.2) is 54.1 Å². The zero-order valence-corrected chi connectivity index (χ0v) is 13.8. The van der Waals surface area contributed by atoms with Gasteiger partial charge < -0.3 is 4.90 Å². The van der Waals surface area contributed by atoms with Gasteiger partial charge in [0.2, 0.25) is 10.0 Å². The van der Waals surface area contributed by atoms with Crippen molar-refractivity contribution in [2.24, 2.45) is 0 Å². The van der Waals surface area contributed by atoms with Crippen LogP contribution in [0.4, 0.5) is 11.5 Å². The second kappa shape index (κ2) is 6.04. The summed E-state index contributed by atoms with van der Waals surface area (Å²) in [6, 6.07) is 1.48. The number of anilines is 1. The highest BCUT2D eigenvalue weighted by Gasteiger charge is 2.38. The smallest absolute Gasteiger partial charge is 0.287 e. The van der Waals surface area contributed by atoms with Crippen molar-refractivity contribution in [1.82, 2.24) is 9.29 Å². The van der Waals surface area contributed by atoms with Crippen molar-refractivity contribution >= 4 is 21.5 Å². The number of rotatable bonds is 4. The standard InChI is InChI=1S/C14H20N4O4S/c1-11-8-12(18(19)20)9-15-14(11)16-7-4-13(10-16)23(21,22)17-5-2-3-6-17/h8-9,13H,2-7,10H2,1H3/t13-/m1/s1. The van der Waals surface area contributed by atoms with Crippen LogP contribution < -0.4 is 4.90 Å². The fraction of sp³-hybridized carbons (Fsp3) is 0.643. The topological polar surface area (TPSA) is 96.6 Å². The third-order valence-electron chi connectivity index (χ3n) is 4.54. The van der Waals surface area contributed by atoms with Crippen molar-refractivity contribution in [3.8, 4) is 0 Å². The zero-order valence-electron chi connectivity index (χ0n) is 13.0. The van der Waals surface area contributed by atoms with Crippen molar-refractivity contribution in [2.45, 2.75) is 31.4 Å². The monoisotopic (exact) mass is 340 g/mol. The largest absolute Gasteiger partial charge is 0.355 e. The molecule has 23 heavy (non-hydrogen) atoms. The molecule has 2 aliphatic heterocycles. The lowest BCUT2D eigenvalue weighted by atomic mass is 10.2. The SMILES string of the molecule is Cc1cc([N+](=O)[O-])cnc1N1CC[C@@H](S(=O)(=O)N2CCCC2)C1. The van der Waals surface area contributed by atoms with Crippen LogP contribution in [0.3, 0.4) is 0 Å². The van der Waals surface area contributed by atoms with Gasteiger partial charge in [0.15, 0.2) is 0 Å². The lowest BCUT2D eigenvalue weighted by Gasteiger charge is -2.22. The fourth-order valence-electron chi connectivity index (χ4n) is 3.30. The normalized spacial score (nSPS) is 22.7. The lowest BCUT2D eigenvalue weighted by molar-refractivity contribution is -0.385. The first-order valence-corrected chi connectivity index (χ1v) is 9.25. The summed E-state index contributed by atoms with van der Waals surface area (Å²) < 4.78 is 26.9. The summed E-state index contributed by atoms with van der Waals surface area (Å²) in [7, 11) is -3.26. The van der Waals surface area contributed by atoms with E-state index in [9.17, 15) is 18.5 Å². The van der Waals surface area contributed by atoms with Gasteiger partial charge >= 0.3 is 0 Å². The number of hydrogen-bond acceptors (Lipinski definition) is 6.